The van der Waals surface area contributed by atoms with Gasteiger partial charge >= 0.3 is 0 Å². The molecule has 1 atom stereocenters. The van der Waals surface area contributed by atoms with Crippen LogP contribution in [-0.4, -0.2) is 6.29 Å². The smallest absolute Gasteiger partial charge is 0.127 e. The van der Waals surface area contributed by atoms with Gasteiger partial charge in [-0.15, -0.1) is 0 Å². The summed E-state index contributed by atoms with van der Waals surface area (Å²) in [5.74, 6) is -0.822. The van der Waals surface area contributed by atoms with Gasteiger partial charge < -0.3 is 10.5 Å². The quantitative estimate of drug-likeness (QED) is 0.538. The second kappa shape index (κ2) is 3.34. The average Bonchev–Trinajstić information content (AvgIpc) is 2.08. The standard InChI is InChI=1S/C9H10FNO/c1-6(5-12)8-4-7(11)2-3-9(8)10/h2-6H,11H2,1H3. The Kier molecular flexibility index (Phi) is 2.43. The van der Waals surface area contributed by atoms with Crippen molar-refractivity contribution in [3.05, 3.63) is 29.6 Å². The third kappa shape index (κ3) is 1.61. The van der Waals surface area contributed by atoms with Crippen LogP contribution in [0.3, 0.4) is 0 Å². The van der Waals surface area contributed by atoms with Gasteiger partial charge in [-0.05, 0) is 23.8 Å². The van der Waals surface area contributed by atoms with E-state index in [0.29, 0.717) is 17.5 Å². The van der Waals surface area contributed by atoms with Gasteiger partial charge in [0.1, 0.15) is 12.1 Å². The average molecular weight is 167 g/mol. The van der Waals surface area contributed by atoms with Crippen molar-refractivity contribution in [2.45, 2.75) is 12.8 Å². The Labute approximate surface area is 70.2 Å². The first kappa shape index (κ1) is 8.71. The van der Waals surface area contributed by atoms with Crippen LogP contribution in [0, 0.1) is 5.82 Å². The van der Waals surface area contributed by atoms with Crippen molar-refractivity contribution < 1.29 is 9.18 Å². The summed E-state index contributed by atoms with van der Waals surface area (Å²) in [6.07, 6.45) is 0.692. The minimum Gasteiger partial charge on any atom is -0.399 e. The highest BCUT2D eigenvalue weighted by Crippen LogP contribution is 2.19. The second-order valence-corrected chi connectivity index (χ2v) is 2.71. The zero-order valence-corrected chi connectivity index (χ0v) is 6.75. The van der Waals surface area contributed by atoms with Crippen LogP contribution in [0.1, 0.15) is 18.4 Å². The molecule has 0 amide bonds. The Morgan fingerprint density at radius 2 is 2.25 bits per heavy atom. The van der Waals surface area contributed by atoms with Crippen molar-refractivity contribution in [3.63, 3.8) is 0 Å². The summed E-state index contributed by atoms with van der Waals surface area (Å²) in [7, 11) is 0. The van der Waals surface area contributed by atoms with Gasteiger partial charge in [-0.1, -0.05) is 6.92 Å². The Morgan fingerprint density at radius 3 is 2.83 bits per heavy atom. The predicted molar refractivity (Wildman–Crippen MR) is 45.3 cm³/mol. The number of nitrogen functional groups attached to an aromatic ring is 1. The fourth-order valence-corrected chi connectivity index (χ4v) is 0.984. The maximum atomic E-state index is 13.0. The summed E-state index contributed by atoms with van der Waals surface area (Å²) < 4.78 is 13.0. The van der Waals surface area contributed by atoms with Crippen molar-refractivity contribution in [2.24, 2.45) is 0 Å². The van der Waals surface area contributed by atoms with E-state index in [2.05, 4.69) is 0 Å². The van der Waals surface area contributed by atoms with Crippen molar-refractivity contribution >= 4 is 12.0 Å². The number of hydrogen-bond donors (Lipinski definition) is 1. The number of halogens is 1. The van der Waals surface area contributed by atoms with Crippen molar-refractivity contribution in [1.29, 1.82) is 0 Å². The topological polar surface area (TPSA) is 43.1 Å². The van der Waals surface area contributed by atoms with Crippen molar-refractivity contribution in [3.8, 4) is 0 Å². The van der Waals surface area contributed by atoms with Crippen LogP contribution in [-0.2, 0) is 4.79 Å². The van der Waals surface area contributed by atoms with Gasteiger partial charge in [-0.2, -0.15) is 0 Å². The third-order valence-corrected chi connectivity index (χ3v) is 1.71. The maximum absolute atomic E-state index is 13.0. The molecular formula is C9H10FNO. The SMILES string of the molecule is CC(C=O)c1cc(N)ccc1F. The number of benzene rings is 1. The minimum atomic E-state index is -0.437. The van der Waals surface area contributed by atoms with Crippen LogP contribution >= 0.6 is 0 Å². The molecule has 0 aromatic heterocycles. The van der Waals surface area contributed by atoms with Crippen molar-refractivity contribution in [1.82, 2.24) is 0 Å². The Morgan fingerprint density at radius 1 is 1.58 bits per heavy atom. The molecule has 0 bridgehead atoms. The molecule has 0 aliphatic heterocycles. The van der Waals surface area contributed by atoms with Crippen LogP contribution in [0.15, 0.2) is 18.2 Å². The van der Waals surface area contributed by atoms with Gasteiger partial charge in [0.15, 0.2) is 0 Å². The molecule has 0 saturated heterocycles. The number of hydrogen-bond acceptors (Lipinski definition) is 2. The molecule has 2 nitrogen and oxygen atoms in total. The molecule has 1 unspecified atom stereocenters. The van der Waals surface area contributed by atoms with Gasteiger partial charge in [-0.3, -0.25) is 0 Å². The number of nitrogens with two attached hydrogens (primary N) is 1. The summed E-state index contributed by atoms with van der Waals surface area (Å²) in [6.45, 7) is 1.63. The first-order valence-corrected chi connectivity index (χ1v) is 3.65. The molecule has 12 heavy (non-hydrogen) atoms. The van der Waals surface area contributed by atoms with Crippen LogP contribution in [0.2, 0.25) is 0 Å². The molecule has 0 heterocycles. The molecule has 0 saturated carbocycles. The first-order chi connectivity index (χ1) is 5.65. The van der Waals surface area contributed by atoms with E-state index in [1.54, 1.807) is 6.92 Å². The van der Waals surface area contributed by atoms with Crippen LogP contribution in [0.5, 0.6) is 0 Å². The molecule has 64 valence electrons. The van der Waals surface area contributed by atoms with Gasteiger partial charge in [0.25, 0.3) is 0 Å². The summed E-state index contributed by atoms with van der Waals surface area (Å²) in [5, 5.41) is 0. The van der Waals surface area contributed by atoms with Crippen LogP contribution < -0.4 is 5.73 Å². The highest BCUT2D eigenvalue weighted by atomic mass is 19.1. The summed E-state index contributed by atoms with van der Waals surface area (Å²) in [4.78, 5) is 10.4. The van der Waals surface area contributed by atoms with E-state index in [4.69, 9.17) is 5.73 Å². The van der Waals surface area contributed by atoms with Crippen LogP contribution in [0.4, 0.5) is 10.1 Å². The fraction of sp³-hybridized carbons (Fsp3) is 0.222. The normalized spacial score (nSPS) is 12.5. The highest BCUT2D eigenvalue weighted by molar-refractivity contribution is 5.62. The molecule has 1 aromatic rings. The number of aldehydes is 1. The summed E-state index contributed by atoms with van der Waals surface area (Å²) in [6, 6.07) is 4.22. The van der Waals surface area contributed by atoms with E-state index in [-0.39, 0.29) is 5.82 Å². The Hall–Kier alpha value is -1.38. The fourth-order valence-electron chi connectivity index (χ4n) is 0.984. The van der Waals surface area contributed by atoms with E-state index in [0.717, 1.165) is 0 Å². The molecule has 0 radical (unpaired) electrons. The zero-order chi connectivity index (χ0) is 9.14. The maximum Gasteiger partial charge on any atom is 0.127 e. The molecule has 0 aliphatic rings. The van der Waals surface area contributed by atoms with E-state index in [1.807, 2.05) is 0 Å². The van der Waals surface area contributed by atoms with Gasteiger partial charge in [0, 0.05) is 11.6 Å². The van der Waals surface area contributed by atoms with E-state index in [9.17, 15) is 9.18 Å². The van der Waals surface area contributed by atoms with Gasteiger partial charge in [0.05, 0.1) is 0 Å². The van der Waals surface area contributed by atoms with E-state index < -0.39 is 5.92 Å². The summed E-state index contributed by atoms with van der Waals surface area (Å²) in [5.41, 5.74) is 6.26. The Balaban J connectivity index is 3.12. The zero-order valence-electron chi connectivity index (χ0n) is 6.75. The second-order valence-electron chi connectivity index (χ2n) is 2.71. The number of anilines is 1. The minimum absolute atomic E-state index is 0.352. The molecule has 0 fully saturated rings. The molecule has 1 rings (SSSR count). The monoisotopic (exact) mass is 167 g/mol. The lowest BCUT2D eigenvalue weighted by molar-refractivity contribution is -0.108. The molecule has 0 aliphatic carbocycles. The van der Waals surface area contributed by atoms with E-state index in [1.165, 1.54) is 18.2 Å². The molecule has 1 aromatic carbocycles. The number of carbonyl (C=O) groups excluding carboxylic acids is 1. The van der Waals surface area contributed by atoms with Gasteiger partial charge in [0.2, 0.25) is 0 Å². The molecular weight excluding hydrogens is 157 g/mol. The lowest BCUT2D eigenvalue weighted by Crippen LogP contribution is -1.99. The molecule has 3 heteroatoms. The predicted octanol–water partition coefficient (Wildman–Crippen LogP) is 1.71. The number of carbonyl (C=O) groups is 1. The first-order valence-electron chi connectivity index (χ1n) is 3.65. The third-order valence-electron chi connectivity index (χ3n) is 1.71. The Bertz CT molecular complexity index is 299. The van der Waals surface area contributed by atoms with E-state index >= 15 is 0 Å². The summed E-state index contributed by atoms with van der Waals surface area (Å²) >= 11 is 0. The highest BCUT2D eigenvalue weighted by Gasteiger charge is 2.09. The number of rotatable bonds is 2. The molecule has 0 spiro atoms. The largest absolute Gasteiger partial charge is 0.399 e. The molecule has 2 N–H and O–H groups in total. The van der Waals surface area contributed by atoms with Crippen molar-refractivity contribution in [2.75, 3.05) is 5.73 Å². The lowest BCUT2D eigenvalue weighted by Gasteiger charge is -2.05. The van der Waals surface area contributed by atoms with Gasteiger partial charge in [-0.25, -0.2) is 4.39 Å². The van der Waals surface area contributed by atoms with Crippen LogP contribution in [0.25, 0.3) is 0 Å². The lowest BCUT2D eigenvalue weighted by atomic mass is 10.0.